The summed E-state index contributed by atoms with van der Waals surface area (Å²) in [6, 6.07) is 0. The minimum Gasteiger partial charge on any atom is -0.462 e. The van der Waals surface area contributed by atoms with E-state index in [1.165, 1.54) is 238 Å². The van der Waals surface area contributed by atoms with Crippen molar-refractivity contribution in [2.45, 2.75) is 445 Å². The van der Waals surface area contributed by atoms with Gasteiger partial charge >= 0.3 is 39.5 Å². The SMILES string of the molecule is CCCCCCCCCCCCCCCCCCCC(=O)O[C@H](COC(=O)CCCCCCC)COP(=O)(O)OC[C@H](O)COP(=O)(O)OC[C@@H](COC(=O)CCCCCCCCCCCCCCCCC(C)C)OC(=O)CCCCCCCCCCCCCCCCCCCCC(C)C. The third-order valence-electron chi connectivity index (χ3n) is 19.0. The molecule has 0 aromatic carbocycles. The van der Waals surface area contributed by atoms with Gasteiger partial charge in [0, 0.05) is 25.7 Å². The van der Waals surface area contributed by atoms with Gasteiger partial charge < -0.3 is 33.8 Å². The molecule has 17 nitrogen and oxygen atoms in total. The first kappa shape index (κ1) is 98.1. The van der Waals surface area contributed by atoms with Crippen LogP contribution < -0.4 is 0 Å². The lowest BCUT2D eigenvalue weighted by Crippen LogP contribution is -2.30. The summed E-state index contributed by atoms with van der Waals surface area (Å²) in [6.45, 7) is 9.61. The molecule has 0 saturated carbocycles. The number of carbonyl (C=O) groups is 4. The van der Waals surface area contributed by atoms with E-state index in [1.807, 2.05) is 0 Å². The second kappa shape index (κ2) is 72.6. The van der Waals surface area contributed by atoms with Crippen LogP contribution in [0.2, 0.25) is 0 Å². The molecule has 0 spiro atoms. The van der Waals surface area contributed by atoms with Crippen LogP contribution in [0, 0.1) is 11.8 Å². The molecule has 19 heteroatoms. The van der Waals surface area contributed by atoms with Crippen LogP contribution in [0.15, 0.2) is 0 Å². The molecule has 0 saturated heterocycles. The molecule has 3 N–H and O–H groups in total. The second-order valence-corrected chi connectivity index (χ2v) is 33.0. The van der Waals surface area contributed by atoms with Crippen molar-refractivity contribution in [2.75, 3.05) is 39.6 Å². The fraction of sp³-hybridized carbons (Fsp3) is 0.951. The number of unbranched alkanes of at least 4 members (excludes halogenated alkanes) is 50. The van der Waals surface area contributed by atoms with Crippen molar-refractivity contribution in [1.82, 2.24) is 0 Å². The van der Waals surface area contributed by atoms with Crippen molar-refractivity contribution in [3.63, 3.8) is 0 Å². The average Bonchev–Trinajstić information content (AvgIpc) is 0.933. The Kier molecular flexibility index (Phi) is 71.2. The Labute approximate surface area is 613 Å². The van der Waals surface area contributed by atoms with Gasteiger partial charge in [-0.3, -0.25) is 37.3 Å². The first-order valence-electron chi connectivity index (χ1n) is 42.0. The van der Waals surface area contributed by atoms with Crippen LogP contribution in [-0.4, -0.2) is 96.7 Å². The molecule has 100 heavy (non-hydrogen) atoms. The van der Waals surface area contributed by atoms with E-state index in [-0.39, 0.29) is 25.7 Å². The minimum absolute atomic E-state index is 0.108. The smallest absolute Gasteiger partial charge is 0.462 e. The van der Waals surface area contributed by atoms with Crippen molar-refractivity contribution in [1.29, 1.82) is 0 Å². The molecule has 0 rings (SSSR count). The molecular formula is C81H158O17P2. The highest BCUT2D eigenvalue weighted by Crippen LogP contribution is 2.45. The van der Waals surface area contributed by atoms with E-state index in [9.17, 15) is 43.2 Å². The molecule has 0 bridgehead atoms. The number of hydrogen-bond acceptors (Lipinski definition) is 15. The van der Waals surface area contributed by atoms with E-state index < -0.39 is 97.5 Å². The number of ether oxygens (including phenoxy) is 4. The topological polar surface area (TPSA) is 237 Å². The maximum Gasteiger partial charge on any atom is 0.472 e. The van der Waals surface area contributed by atoms with E-state index >= 15 is 0 Å². The number of esters is 4. The summed E-state index contributed by atoms with van der Waals surface area (Å²) in [5.41, 5.74) is 0. The highest BCUT2D eigenvalue weighted by atomic mass is 31.2. The van der Waals surface area contributed by atoms with Gasteiger partial charge in [0.05, 0.1) is 26.4 Å². The Hall–Kier alpha value is -1.94. The van der Waals surface area contributed by atoms with Crippen LogP contribution in [0.25, 0.3) is 0 Å². The number of phosphoric ester groups is 2. The minimum atomic E-state index is -4.96. The van der Waals surface area contributed by atoms with Gasteiger partial charge in [0.25, 0.3) is 0 Å². The van der Waals surface area contributed by atoms with Gasteiger partial charge in [-0.15, -0.1) is 0 Å². The lowest BCUT2D eigenvalue weighted by atomic mass is 10.0. The lowest BCUT2D eigenvalue weighted by Gasteiger charge is -2.21. The number of aliphatic hydroxyl groups is 1. The summed E-state index contributed by atoms with van der Waals surface area (Å²) in [4.78, 5) is 72.7. The Morgan fingerprint density at radius 3 is 0.680 bits per heavy atom. The average molecular weight is 1470 g/mol. The largest absolute Gasteiger partial charge is 0.472 e. The van der Waals surface area contributed by atoms with E-state index in [0.29, 0.717) is 25.7 Å². The van der Waals surface area contributed by atoms with Crippen molar-refractivity contribution in [3.8, 4) is 0 Å². The molecule has 2 unspecified atom stereocenters. The van der Waals surface area contributed by atoms with Gasteiger partial charge in [-0.2, -0.15) is 0 Å². The van der Waals surface area contributed by atoms with Crippen molar-refractivity contribution >= 4 is 39.5 Å². The molecule has 0 aliphatic rings. The second-order valence-electron chi connectivity index (χ2n) is 30.1. The first-order chi connectivity index (χ1) is 48.4. The summed E-state index contributed by atoms with van der Waals surface area (Å²) >= 11 is 0. The Morgan fingerprint density at radius 2 is 0.460 bits per heavy atom. The van der Waals surface area contributed by atoms with Crippen molar-refractivity contribution < 1.29 is 80.2 Å². The van der Waals surface area contributed by atoms with Crippen LogP contribution in [0.4, 0.5) is 0 Å². The van der Waals surface area contributed by atoms with Gasteiger partial charge in [-0.1, -0.05) is 375 Å². The Morgan fingerprint density at radius 1 is 0.270 bits per heavy atom. The molecule has 0 aromatic heterocycles. The third kappa shape index (κ3) is 74.3. The molecule has 0 aliphatic heterocycles. The van der Waals surface area contributed by atoms with Gasteiger partial charge in [0.15, 0.2) is 12.2 Å². The predicted octanol–water partition coefficient (Wildman–Crippen LogP) is 24.3. The first-order valence-corrected chi connectivity index (χ1v) is 45.0. The standard InChI is InChI=1S/C81H158O17P2/c1-7-9-11-13-14-15-16-17-18-21-25-32-37-42-47-53-59-65-80(85)97-76(69-91-78(83)63-57-49-12-10-8-2)71-95-99(87,88)93-67-75(82)68-94-100(89,90)96-72-77(70-92-79(84)64-58-52-46-41-36-31-28-27-30-35-40-45-51-56-62-74(5)6)98-81(86)66-60-54-48-43-38-33-26-23-20-19-22-24-29-34-39-44-50-55-61-73(3)4/h73-77,82H,7-72H2,1-6H3,(H,87,88)(H,89,90)/t75-,76+,77+/m0/s1. The molecule has 0 aromatic rings. The van der Waals surface area contributed by atoms with Crippen LogP contribution in [0.5, 0.6) is 0 Å². The van der Waals surface area contributed by atoms with Gasteiger partial charge in [0.2, 0.25) is 0 Å². The number of rotatable bonds is 80. The normalized spacial score (nSPS) is 13.9. The fourth-order valence-electron chi connectivity index (χ4n) is 12.5. The highest BCUT2D eigenvalue weighted by molar-refractivity contribution is 7.47. The van der Waals surface area contributed by atoms with E-state index in [0.717, 1.165) is 108 Å². The molecule has 0 aliphatic carbocycles. The number of phosphoric acid groups is 2. The Balaban J connectivity index is 5.11. The summed E-state index contributed by atoms with van der Waals surface area (Å²) < 4.78 is 68.5. The van der Waals surface area contributed by atoms with E-state index in [2.05, 4.69) is 41.5 Å². The summed E-state index contributed by atoms with van der Waals surface area (Å²) in [5, 5.41) is 10.6. The van der Waals surface area contributed by atoms with Crippen LogP contribution >= 0.6 is 15.6 Å². The maximum absolute atomic E-state index is 13.1. The van der Waals surface area contributed by atoms with Crippen LogP contribution in [0.3, 0.4) is 0 Å². The van der Waals surface area contributed by atoms with Crippen molar-refractivity contribution in [3.05, 3.63) is 0 Å². The predicted molar refractivity (Wildman–Crippen MR) is 409 cm³/mol. The van der Waals surface area contributed by atoms with Gasteiger partial charge in [-0.05, 0) is 37.5 Å². The van der Waals surface area contributed by atoms with E-state index in [4.69, 9.17) is 37.0 Å². The Bertz CT molecular complexity index is 1920. The molecular weight excluding hydrogens is 1310 g/mol. The number of carbonyl (C=O) groups excluding carboxylic acids is 4. The lowest BCUT2D eigenvalue weighted by molar-refractivity contribution is -0.161. The van der Waals surface area contributed by atoms with Crippen molar-refractivity contribution in [2.24, 2.45) is 11.8 Å². The zero-order valence-corrected chi connectivity index (χ0v) is 67.3. The van der Waals surface area contributed by atoms with E-state index in [1.54, 1.807) is 0 Å². The molecule has 0 heterocycles. The molecule has 594 valence electrons. The fourth-order valence-corrected chi connectivity index (χ4v) is 14.1. The molecule has 5 atom stereocenters. The third-order valence-corrected chi connectivity index (χ3v) is 20.9. The summed E-state index contributed by atoms with van der Waals surface area (Å²) in [6.07, 6.45) is 62.9. The van der Waals surface area contributed by atoms with Gasteiger partial charge in [-0.25, -0.2) is 9.13 Å². The number of hydrogen-bond donors (Lipinski definition) is 3. The molecule has 0 amide bonds. The zero-order chi connectivity index (χ0) is 73.5. The van der Waals surface area contributed by atoms with Crippen LogP contribution in [-0.2, 0) is 65.4 Å². The molecule has 0 fully saturated rings. The monoisotopic (exact) mass is 1470 g/mol. The maximum atomic E-state index is 13.1. The summed E-state index contributed by atoms with van der Waals surface area (Å²) in [5.74, 6) is -0.500. The summed E-state index contributed by atoms with van der Waals surface area (Å²) in [7, 11) is -9.91. The number of aliphatic hydroxyl groups excluding tert-OH is 1. The van der Waals surface area contributed by atoms with Gasteiger partial charge in [0.1, 0.15) is 19.3 Å². The highest BCUT2D eigenvalue weighted by Gasteiger charge is 2.30. The van der Waals surface area contributed by atoms with Crippen LogP contribution in [0.1, 0.15) is 427 Å². The quantitative estimate of drug-likeness (QED) is 0.0222. The zero-order valence-electron chi connectivity index (χ0n) is 65.5. The molecule has 0 radical (unpaired) electrons.